The van der Waals surface area contributed by atoms with Gasteiger partial charge >= 0.3 is 21.3 Å². The molecule has 5 fully saturated rings. The van der Waals surface area contributed by atoms with Gasteiger partial charge in [0.05, 0.1) is 18.8 Å². The summed E-state index contributed by atoms with van der Waals surface area (Å²) < 4.78 is 73.7. The molecule has 4 saturated carbocycles. The number of alkyl halides is 2. The summed E-state index contributed by atoms with van der Waals surface area (Å²) in [4.78, 5) is 11.8. The van der Waals surface area contributed by atoms with Crippen LogP contribution in [-0.4, -0.2) is 54.7 Å². The lowest BCUT2D eigenvalue weighted by Gasteiger charge is -2.60. The van der Waals surface area contributed by atoms with Gasteiger partial charge in [0.2, 0.25) is 0 Å². The predicted octanol–water partition coefficient (Wildman–Crippen LogP) is 1.52. The Morgan fingerprint density at radius 3 is 2.28 bits per heavy atom. The highest BCUT2D eigenvalue weighted by Gasteiger charge is 2.63. The van der Waals surface area contributed by atoms with Crippen LogP contribution in [0.1, 0.15) is 38.5 Å². The zero-order valence-corrected chi connectivity index (χ0v) is 14.3. The van der Waals surface area contributed by atoms with Crippen LogP contribution in [0.4, 0.5) is 8.78 Å². The first kappa shape index (κ1) is 17.6. The molecule has 5 rings (SSSR count). The predicted molar refractivity (Wildman–Crippen MR) is 78.4 cm³/mol. The molecule has 1 saturated heterocycles. The Bertz CT molecular complexity index is 674. The van der Waals surface area contributed by atoms with Crippen molar-refractivity contribution in [2.75, 3.05) is 13.2 Å². The minimum atomic E-state index is -5.87. The highest BCUT2D eigenvalue weighted by Crippen LogP contribution is 2.60. The molecule has 3 unspecified atom stereocenters. The van der Waals surface area contributed by atoms with E-state index in [0.717, 1.165) is 19.3 Å². The Balaban J connectivity index is 1.53. The van der Waals surface area contributed by atoms with Crippen LogP contribution < -0.4 is 0 Å². The summed E-state index contributed by atoms with van der Waals surface area (Å²) in [5.74, 6) is -1.83. The Hall–Kier alpha value is -0.840. The zero-order chi connectivity index (χ0) is 18.1. The van der Waals surface area contributed by atoms with Gasteiger partial charge in [0, 0.05) is 6.42 Å². The van der Waals surface area contributed by atoms with E-state index < -0.39 is 32.5 Å². The Kier molecular flexibility index (Phi) is 3.75. The van der Waals surface area contributed by atoms with Crippen molar-refractivity contribution in [3.63, 3.8) is 0 Å². The average Bonchev–Trinajstić information content (AvgIpc) is 3.26. The smallest absolute Gasteiger partial charge is 0.454 e. The Morgan fingerprint density at radius 1 is 1.20 bits per heavy atom. The van der Waals surface area contributed by atoms with Crippen molar-refractivity contribution in [2.24, 2.45) is 11.8 Å². The molecule has 10 heteroatoms. The average molecular weight is 382 g/mol. The molecule has 7 nitrogen and oxygen atoms in total. The summed E-state index contributed by atoms with van der Waals surface area (Å²) in [6.45, 7) is 1.06. The lowest BCUT2D eigenvalue weighted by Crippen LogP contribution is -2.62. The van der Waals surface area contributed by atoms with Crippen LogP contribution in [0.5, 0.6) is 0 Å². The largest absolute Gasteiger partial charge is 0.465 e. The number of carbonyl (C=O) groups is 1. The van der Waals surface area contributed by atoms with Crippen LogP contribution in [0.25, 0.3) is 0 Å². The van der Waals surface area contributed by atoms with Gasteiger partial charge in [-0.15, -0.1) is 0 Å². The van der Waals surface area contributed by atoms with Gasteiger partial charge in [-0.2, -0.15) is 17.2 Å². The molecule has 4 aliphatic carbocycles. The SMILES string of the molecule is O=C(OC12CC3CC(CC(OCC4CO4)(C3)C1)C2)C(F)(F)S(=O)(=O)O. The van der Waals surface area contributed by atoms with Crippen LogP contribution in [0, 0.1) is 11.8 Å². The number of hydrogen-bond donors (Lipinski definition) is 1. The lowest BCUT2D eigenvalue weighted by atomic mass is 9.52. The van der Waals surface area contributed by atoms with E-state index in [-0.39, 0.29) is 24.4 Å². The topological polar surface area (TPSA) is 102 Å². The molecule has 0 amide bonds. The fourth-order valence-electron chi connectivity index (χ4n) is 5.18. The van der Waals surface area contributed by atoms with Gasteiger partial charge in [-0.1, -0.05) is 0 Å². The number of carbonyl (C=O) groups excluding carboxylic acids is 1. The summed E-state index contributed by atoms with van der Waals surface area (Å²) in [7, 11) is -5.87. The van der Waals surface area contributed by atoms with Crippen molar-refractivity contribution in [3.8, 4) is 0 Å². The molecule has 3 atom stereocenters. The molecule has 5 aliphatic rings. The molecule has 1 heterocycles. The standard InChI is InChI=1S/C15H20F2O7S/c16-15(17,25(19,20)21)12(18)24-14-4-9-1-10(5-14)3-13(2-9,8-14)23-7-11-6-22-11/h9-11H,1-8H2,(H,19,20,21). The van der Waals surface area contributed by atoms with Crippen molar-refractivity contribution < 1.29 is 40.8 Å². The molecule has 1 aliphatic heterocycles. The highest BCUT2D eigenvalue weighted by molar-refractivity contribution is 7.87. The normalized spacial score (nSPS) is 42.4. The van der Waals surface area contributed by atoms with Gasteiger partial charge in [0.15, 0.2) is 0 Å². The van der Waals surface area contributed by atoms with E-state index in [9.17, 15) is 22.0 Å². The van der Waals surface area contributed by atoms with Crippen LogP contribution in [-0.2, 0) is 29.1 Å². The number of hydrogen-bond acceptors (Lipinski definition) is 6. The molecule has 0 aromatic heterocycles. The zero-order valence-electron chi connectivity index (χ0n) is 13.4. The van der Waals surface area contributed by atoms with Crippen molar-refractivity contribution in [1.29, 1.82) is 0 Å². The maximum Gasteiger partial charge on any atom is 0.465 e. The van der Waals surface area contributed by atoms with E-state index in [0.29, 0.717) is 26.1 Å². The van der Waals surface area contributed by atoms with Crippen molar-refractivity contribution >= 4 is 16.1 Å². The van der Waals surface area contributed by atoms with E-state index in [1.54, 1.807) is 0 Å². The molecule has 25 heavy (non-hydrogen) atoms. The minimum Gasteiger partial charge on any atom is -0.454 e. The van der Waals surface area contributed by atoms with E-state index in [1.807, 2.05) is 0 Å². The van der Waals surface area contributed by atoms with Gasteiger partial charge in [0.25, 0.3) is 0 Å². The van der Waals surface area contributed by atoms with Gasteiger partial charge in [-0.3, -0.25) is 4.55 Å². The number of rotatable bonds is 6. The van der Waals surface area contributed by atoms with Gasteiger partial charge in [-0.05, 0) is 43.9 Å². The highest BCUT2D eigenvalue weighted by atomic mass is 32.2. The quantitative estimate of drug-likeness (QED) is 0.422. The fraction of sp³-hybridized carbons (Fsp3) is 0.933. The molecule has 0 radical (unpaired) electrons. The van der Waals surface area contributed by atoms with E-state index in [1.165, 1.54) is 0 Å². The third kappa shape index (κ3) is 3.07. The number of ether oxygens (including phenoxy) is 3. The molecule has 1 N–H and O–H groups in total. The van der Waals surface area contributed by atoms with Crippen LogP contribution in [0.15, 0.2) is 0 Å². The molecule has 0 aromatic carbocycles. The third-order valence-electron chi connectivity index (χ3n) is 5.80. The van der Waals surface area contributed by atoms with Crippen molar-refractivity contribution in [1.82, 2.24) is 0 Å². The lowest BCUT2D eigenvalue weighted by molar-refractivity contribution is -0.241. The number of halogens is 2. The molecular formula is C15H20F2O7S. The molecule has 142 valence electrons. The van der Waals surface area contributed by atoms with E-state index in [2.05, 4.69) is 0 Å². The maximum atomic E-state index is 13.6. The summed E-state index contributed by atoms with van der Waals surface area (Å²) in [5.41, 5.74) is -1.69. The number of epoxide rings is 1. The second-order valence-electron chi connectivity index (χ2n) is 7.97. The van der Waals surface area contributed by atoms with Gasteiger partial charge < -0.3 is 14.2 Å². The Morgan fingerprint density at radius 2 is 1.76 bits per heavy atom. The summed E-state index contributed by atoms with van der Waals surface area (Å²) in [5, 5.41) is -4.97. The molecule has 0 aromatic rings. The van der Waals surface area contributed by atoms with Gasteiger partial charge in [-0.25, -0.2) is 4.79 Å². The Labute approximate surface area is 143 Å². The van der Waals surface area contributed by atoms with Crippen molar-refractivity contribution in [2.45, 2.75) is 61.1 Å². The third-order valence-corrected chi connectivity index (χ3v) is 6.62. The summed E-state index contributed by atoms with van der Waals surface area (Å²) >= 11 is 0. The first-order chi connectivity index (χ1) is 11.5. The van der Waals surface area contributed by atoms with E-state index in [4.69, 9.17) is 18.8 Å². The monoisotopic (exact) mass is 382 g/mol. The molecule has 0 spiro atoms. The van der Waals surface area contributed by atoms with Crippen LogP contribution in [0.2, 0.25) is 0 Å². The first-order valence-electron chi connectivity index (χ1n) is 8.36. The van der Waals surface area contributed by atoms with Crippen LogP contribution in [0.3, 0.4) is 0 Å². The maximum absolute atomic E-state index is 13.6. The second kappa shape index (κ2) is 5.34. The second-order valence-corrected chi connectivity index (χ2v) is 9.44. The summed E-state index contributed by atoms with van der Waals surface area (Å²) in [6.07, 6.45) is 3.67. The fourth-order valence-corrected chi connectivity index (χ4v) is 5.43. The minimum absolute atomic E-state index is 0.0652. The molecule has 4 bridgehead atoms. The summed E-state index contributed by atoms with van der Waals surface area (Å²) in [6, 6.07) is 0. The van der Waals surface area contributed by atoms with Crippen LogP contribution >= 0.6 is 0 Å². The molecular weight excluding hydrogens is 362 g/mol. The number of esters is 1. The van der Waals surface area contributed by atoms with Crippen molar-refractivity contribution in [3.05, 3.63) is 0 Å². The van der Waals surface area contributed by atoms with E-state index >= 15 is 0 Å². The first-order valence-corrected chi connectivity index (χ1v) is 9.80. The van der Waals surface area contributed by atoms with Gasteiger partial charge in [0.1, 0.15) is 11.7 Å².